The monoisotopic (exact) mass is 201 g/mol. The minimum absolute atomic E-state index is 0.0456. The van der Waals surface area contributed by atoms with Crippen LogP contribution in [0.5, 0.6) is 0 Å². The van der Waals surface area contributed by atoms with Crippen LogP contribution in [-0.4, -0.2) is 41.0 Å². The molecule has 0 spiro atoms. The molecule has 4 nitrogen and oxygen atoms in total. The number of Topliss-reactive ketones (excluding diaryl/α,β-unsaturated/α-hetero) is 1. The van der Waals surface area contributed by atoms with Crippen LogP contribution in [0.15, 0.2) is 0 Å². The number of nitrogens with zero attached hydrogens (tertiary/aromatic N) is 1. The molecular formula is C8H15N3OS. The summed E-state index contributed by atoms with van der Waals surface area (Å²) in [6.07, 6.45) is 0. The van der Waals surface area contributed by atoms with Crippen molar-refractivity contribution in [3.63, 3.8) is 0 Å². The van der Waals surface area contributed by atoms with E-state index in [0.717, 1.165) is 13.1 Å². The number of carbonyl (C=O) groups excluding carboxylic acids is 1. The highest BCUT2D eigenvalue weighted by Gasteiger charge is 2.27. The highest BCUT2D eigenvalue weighted by molar-refractivity contribution is 7.82. The van der Waals surface area contributed by atoms with Gasteiger partial charge in [0.25, 0.3) is 0 Å². The fourth-order valence-corrected chi connectivity index (χ4v) is 1.13. The van der Waals surface area contributed by atoms with Gasteiger partial charge in [-0.3, -0.25) is 10.2 Å². The molecule has 0 aromatic heterocycles. The van der Waals surface area contributed by atoms with E-state index in [1.54, 1.807) is 18.7 Å². The first kappa shape index (κ1) is 10.4. The van der Waals surface area contributed by atoms with E-state index in [4.69, 9.17) is 5.41 Å². The van der Waals surface area contributed by atoms with Crippen molar-refractivity contribution in [2.75, 3.05) is 19.6 Å². The number of hydrogen-bond acceptors (Lipinski definition) is 3. The SMILES string of the molecule is CC(C)(S)C(=O)CN1CCNC1=N. The van der Waals surface area contributed by atoms with Crippen LogP contribution in [0.4, 0.5) is 0 Å². The molecular weight excluding hydrogens is 186 g/mol. The Morgan fingerprint density at radius 1 is 1.77 bits per heavy atom. The quantitative estimate of drug-likeness (QED) is 0.568. The lowest BCUT2D eigenvalue weighted by atomic mass is 10.1. The van der Waals surface area contributed by atoms with Crippen molar-refractivity contribution in [1.29, 1.82) is 5.41 Å². The van der Waals surface area contributed by atoms with Crippen LogP contribution in [0.2, 0.25) is 0 Å². The van der Waals surface area contributed by atoms with Crippen LogP contribution >= 0.6 is 12.6 Å². The third-order valence-corrected chi connectivity index (χ3v) is 2.26. The van der Waals surface area contributed by atoms with E-state index in [1.165, 1.54) is 0 Å². The highest BCUT2D eigenvalue weighted by atomic mass is 32.1. The Hall–Kier alpha value is -0.710. The molecule has 74 valence electrons. The molecule has 5 heteroatoms. The highest BCUT2D eigenvalue weighted by Crippen LogP contribution is 2.14. The number of guanidine groups is 1. The molecule has 0 aromatic carbocycles. The number of carbonyl (C=O) groups is 1. The van der Waals surface area contributed by atoms with Gasteiger partial charge in [-0.2, -0.15) is 12.6 Å². The molecule has 1 rings (SSSR count). The van der Waals surface area contributed by atoms with Gasteiger partial charge in [-0.1, -0.05) is 0 Å². The Bertz CT molecular complexity index is 234. The minimum Gasteiger partial charge on any atom is -0.355 e. The maximum atomic E-state index is 11.5. The maximum Gasteiger partial charge on any atom is 0.191 e. The third kappa shape index (κ3) is 2.62. The molecule has 0 aliphatic carbocycles. The van der Waals surface area contributed by atoms with E-state index in [9.17, 15) is 4.79 Å². The first-order valence-corrected chi connectivity index (χ1v) is 4.69. The van der Waals surface area contributed by atoms with Gasteiger partial charge in [-0.05, 0) is 13.8 Å². The van der Waals surface area contributed by atoms with Crippen molar-refractivity contribution in [3.05, 3.63) is 0 Å². The zero-order valence-electron chi connectivity index (χ0n) is 7.92. The smallest absolute Gasteiger partial charge is 0.191 e. The van der Waals surface area contributed by atoms with E-state index >= 15 is 0 Å². The predicted molar refractivity (Wildman–Crippen MR) is 55.4 cm³/mol. The lowest BCUT2D eigenvalue weighted by Gasteiger charge is -2.21. The Balaban J connectivity index is 2.49. The van der Waals surface area contributed by atoms with Crippen LogP contribution in [-0.2, 0) is 4.79 Å². The molecule has 1 saturated heterocycles. The Labute approximate surface area is 83.6 Å². The second-order valence-corrected chi connectivity index (χ2v) is 4.80. The summed E-state index contributed by atoms with van der Waals surface area (Å²) in [5, 5.41) is 10.3. The summed E-state index contributed by atoms with van der Waals surface area (Å²) in [5.74, 6) is 0.384. The molecule has 13 heavy (non-hydrogen) atoms. The summed E-state index contributed by atoms with van der Waals surface area (Å²) < 4.78 is -0.608. The van der Waals surface area contributed by atoms with Gasteiger partial charge in [0.2, 0.25) is 0 Å². The lowest BCUT2D eigenvalue weighted by Crippen LogP contribution is -2.39. The van der Waals surface area contributed by atoms with Gasteiger partial charge in [-0.15, -0.1) is 0 Å². The van der Waals surface area contributed by atoms with Crippen LogP contribution < -0.4 is 5.32 Å². The Kier molecular flexibility index (Phi) is 2.85. The molecule has 1 aliphatic heterocycles. The van der Waals surface area contributed by atoms with E-state index in [-0.39, 0.29) is 12.3 Å². The topological polar surface area (TPSA) is 56.2 Å². The van der Waals surface area contributed by atoms with Gasteiger partial charge >= 0.3 is 0 Å². The van der Waals surface area contributed by atoms with Crippen molar-refractivity contribution < 1.29 is 4.79 Å². The van der Waals surface area contributed by atoms with Crippen molar-refractivity contribution in [2.24, 2.45) is 0 Å². The minimum atomic E-state index is -0.608. The number of hydrogen-bond donors (Lipinski definition) is 3. The van der Waals surface area contributed by atoms with Crippen LogP contribution in [0.1, 0.15) is 13.8 Å². The summed E-state index contributed by atoms with van der Waals surface area (Å²) in [4.78, 5) is 13.2. The number of rotatable bonds is 3. The molecule has 0 amide bonds. The lowest BCUT2D eigenvalue weighted by molar-refractivity contribution is -0.120. The average molecular weight is 201 g/mol. The van der Waals surface area contributed by atoms with Gasteiger partial charge < -0.3 is 10.2 Å². The molecule has 0 bridgehead atoms. The molecule has 0 saturated carbocycles. The zero-order valence-corrected chi connectivity index (χ0v) is 8.82. The van der Waals surface area contributed by atoms with E-state index in [0.29, 0.717) is 5.96 Å². The molecule has 0 atom stereocenters. The molecule has 1 heterocycles. The van der Waals surface area contributed by atoms with Gasteiger partial charge in [0.05, 0.1) is 11.3 Å². The molecule has 1 aliphatic rings. The van der Waals surface area contributed by atoms with Crippen LogP contribution in [0.25, 0.3) is 0 Å². The fraction of sp³-hybridized carbons (Fsp3) is 0.750. The van der Waals surface area contributed by atoms with Crippen molar-refractivity contribution >= 4 is 24.4 Å². The maximum absolute atomic E-state index is 11.5. The molecule has 0 radical (unpaired) electrons. The summed E-state index contributed by atoms with van der Waals surface area (Å²) in [6.45, 7) is 5.30. The molecule has 0 unspecified atom stereocenters. The fourth-order valence-electron chi connectivity index (χ4n) is 1.06. The Morgan fingerprint density at radius 3 is 2.77 bits per heavy atom. The van der Waals surface area contributed by atoms with E-state index < -0.39 is 4.75 Å². The molecule has 2 N–H and O–H groups in total. The number of ketones is 1. The normalized spacial score (nSPS) is 17.5. The largest absolute Gasteiger partial charge is 0.355 e. The van der Waals surface area contributed by atoms with E-state index in [2.05, 4.69) is 17.9 Å². The van der Waals surface area contributed by atoms with Gasteiger partial charge in [-0.25, -0.2) is 0 Å². The van der Waals surface area contributed by atoms with E-state index in [1.807, 2.05) is 0 Å². The van der Waals surface area contributed by atoms with Crippen LogP contribution in [0, 0.1) is 5.41 Å². The summed E-state index contributed by atoms with van der Waals surface area (Å²) in [6, 6.07) is 0. The number of nitrogens with one attached hydrogen (secondary N) is 2. The summed E-state index contributed by atoms with van der Waals surface area (Å²) in [7, 11) is 0. The Morgan fingerprint density at radius 2 is 2.38 bits per heavy atom. The van der Waals surface area contributed by atoms with Gasteiger partial charge in [0.1, 0.15) is 0 Å². The third-order valence-electron chi connectivity index (χ3n) is 2.01. The molecule has 1 fully saturated rings. The standard InChI is InChI=1S/C8H15N3OS/c1-8(2,13)6(12)5-11-4-3-10-7(11)9/h13H,3-5H2,1-2H3,(H2,9,10). The first-order valence-electron chi connectivity index (χ1n) is 4.24. The van der Waals surface area contributed by atoms with Gasteiger partial charge in [0, 0.05) is 13.1 Å². The predicted octanol–water partition coefficient (Wildman–Crippen LogP) is 0.104. The van der Waals surface area contributed by atoms with Gasteiger partial charge in [0.15, 0.2) is 11.7 Å². The van der Waals surface area contributed by atoms with Crippen LogP contribution in [0.3, 0.4) is 0 Å². The summed E-state index contributed by atoms with van der Waals surface area (Å²) >= 11 is 4.18. The second kappa shape index (κ2) is 3.57. The summed E-state index contributed by atoms with van der Waals surface area (Å²) in [5.41, 5.74) is 0. The van der Waals surface area contributed by atoms with Crippen molar-refractivity contribution in [1.82, 2.24) is 10.2 Å². The number of thiol groups is 1. The van der Waals surface area contributed by atoms with Crippen molar-refractivity contribution in [3.8, 4) is 0 Å². The second-order valence-electron chi connectivity index (χ2n) is 3.68. The average Bonchev–Trinajstić information content (AvgIpc) is 2.34. The molecule has 0 aromatic rings. The first-order chi connectivity index (χ1) is 5.91. The zero-order chi connectivity index (χ0) is 10.1. The van der Waals surface area contributed by atoms with Crippen molar-refractivity contribution in [2.45, 2.75) is 18.6 Å².